The third-order valence-corrected chi connectivity index (χ3v) is 3.04. The van der Waals surface area contributed by atoms with Gasteiger partial charge in [0.05, 0.1) is 10.5 Å². The zero-order valence-corrected chi connectivity index (χ0v) is 12.1. The first kappa shape index (κ1) is 14.8. The summed E-state index contributed by atoms with van der Waals surface area (Å²) in [5.74, 6) is 0. The molecular weight excluding hydrogens is 264 g/mol. The van der Waals surface area contributed by atoms with Gasteiger partial charge in [-0.15, -0.1) is 0 Å². The Balaban J connectivity index is 2.06. The van der Waals surface area contributed by atoms with E-state index >= 15 is 0 Å². The molecule has 0 unspecified atom stereocenters. The van der Waals surface area contributed by atoms with Crippen LogP contribution >= 0.6 is 0 Å². The van der Waals surface area contributed by atoms with Gasteiger partial charge in [-0.2, -0.15) is 0 Å². The number of anilines is 1. The molecule has 108 valence electrons. The minimum atomic E-state index is -0.399. The predicted octanol–water partition coefficient (Wildman–Crippen LogP) is 4.50. The van der Waals surface area contributed by atoms with Crippen molar-refractivity contribution >= 4 is 17.5 Å². The van der Waals surface area contributed by atoms with Gasteiger partial charge in [-0.05, 0) is 31.5 Å². The van der Waals surface area contributed by atoms with Crippen molar-refractivity contribution in [2.45, 2.75) is 19.4 Å². The molecule has 0 aliphatic rings. The summed E-state index contributed by atoms with van der Waals surface area (Å²) in [7, 11) is 0. The molecule has 0 aliphatic heterocycles. The normalized spacial score (nSPS) is 11.5. The highest BCUT2D eigenvalue weighted by Gasteiger charge is 2.13. The molecule has 21 heavy (non-hydrogen) atoms. The molecule has 2 aromatic rings. The maximum Gasteiger partial charge on any atom is 0.269 e. The van der Waals surface area contributed by atoms with Gasteiger partial charge in [0, 0.05) is 17.8 Å². The summed E-state index contributed by atoms with van der Waals surface area (Å²) in [6.45, 7) is 4.10. The van der Waals surface area contributed by atoms with Crippen LogP contribution in [0.2, 0.25) is 0 Å². The summed E-state index contributed by atoms with van der Waals surface area (Å²) in [6.07, 6.45) is 4.13. The van der Waals surface area contributed by atoms with Crippen molar-refractivity contribution in [2.75, 3.05) is 5.32 Å². The van der Waals surface area contributed by atoms with Crippen LogP contribution in [-0.4, -0.2) is 10.5 Å². The fourth-order valence-electron chi connectivity index (χ4n) is 1.95. The molecule has 0 amide bonds. The fourth-order valence-corrected chi connectivity index (χ4v) is 1.95. The van der Waals surface area contributed by atoms with E-state index in [-0.39, 0.29) is 11.2 Å². The highest BCUT2D eigenvalue weighted by atomic mass is 16.6. The van der Waals surface area contributed by atoms with Crippen molar-refractivity contribution in [1.29, 1.82) is 0 Å². The van der Waals surface area contributed by atoms with Gasteiger partial charge in [-0.1, -0.05) is 42.5 Å². The van der Waals surface area contributed by atoms with Crippen LogP contribution in [0.5, 0.6) is 0 Å². The molecule has 0 heterocycles. The Labute approximate surface area is 124 Å². The Bertz CT molecular complexity index is 632. The summed E-state index contributed by atoms with van der Waals surface area (Å²) in [5.41, 5.74) is 1.82. The summed E-state index contributed by atoms with van der Waals surface area (Å²) in [4.78, 5) is 10.2. The van der Waals surface area contributed by atoms with Crippen LogP contribution in [-0.2, 0) is 0 Å². The van der Waals surface area contributed by atoms with Crippen molar-refractivity contribution in [3.8, 4) is 0 Å². The summed E-state index contributed by atoms with van der Waals surface area (Å²) >= 11 is 0. The number of nitro groups is 1. The monoisotopic (exact) mass is 282 g/mol. The second-order valence-corrected chi connectivity index (χ2v) is 5.39. The van der Waals surface area contributed by atoms with Crippen LogP contribution in [0.3, 0.4) is 0 Å². The first-order valence-corrected chi connectivity index (χ1v) is 6.73. The average molecular weight is 282 g/mol. The number of non-ortho nitro benzene ring substituents is 1. The quantitative estimate of drug-likeness (QED) is 0.649. The van der Waals surface area contributed by atoms with Crippen molar-refractivity contribution < 1.29 is 4.92 Å². The SMILES string of the molecule is CC(C)(/C=C/c1ccccc1)Nc1ccc([N+](=O)[O-])cc1. The average Bonchev–Trinajstić information content (AvgIpc) is 2.46. The van der Waals surface area contributed by atoms with E-state index in [9.17, 15) is 10.1 Å². The van der Waals surface area contributed by atoms with E-state index in [4.69, 9.17) is 0 Å². The second-order valence-electron chi connectivity index (χ2n) is 5.39. The van der Waals surface area contributed by atoms with Crippen LogP contribution in [0.4, 0.5) is 11.4 Å². The van der Waals surface area contributed by atoms with E-state index in [0.717, 1.165) is 11.3 Å². The molecule has 0 aromatic heterocycles. The summed E-state index contributed by atoms with van der Waals surface area (Å²) in [5, 5.41) is 14.0. The Kier molecular flexibility index (Phi) is 4.38. The Morgan fingerprint density at radius 2 is 1.67 bits per heavy atom. The highest BCUT2D eigenvalue weighted by Crippen LogP contribution is 2.20. The van der Waals surface area contributed by atoms with E-state index in [1.807, 2.05) is 44.2 Å². The molecular formula is C17H18N2O2. The number of hydrogen-bond acceptors (Lipinski definition) is 3. The van der Waals surface area contributed by atoms with Crippen molar-refractivity contribution in [3.63, 3.8) is 0 Å². The number of nitro benzene ring substituents is 1. The van der Waals surface area contributed by atoms with Gasteiger partial charge in [0.1, 0.15) is 0 Å². The van der Waals surface area contributed by atoms with Gasteiger partial charge in [0.25, 0.3) is 5.69 Å². The van der Waals surface area contributed by atoms with Gasteiger partial charge >= 0.3 is 0 Å². The zero-order chi connectivity index (χ0) is 15.3. The largest absolute Gasteiger partial charge is 0.377 e. The minimum Gasteiger partial charge on any atom is -0.377 e. The molecule has 0 saturated heterocycles. The van der Waals surface area contributed by atoms with Crippen LogP contribution in [0.25, 0.3) is 6.08 Å². The lowest BCUT2D eigenvalue weighted by molar-refractivity contribution is -0.384. The first-order chi connectivity index (χ1) is 9.96. The molecule has 4 nitrogen and oxygen atoms in total. The van der Waals surface area contributed by atoms with Crippen LogP contribution in [0.1, 0.15) is 19.4 Å². The zero-order valence-electron chi connectivity index (χ0n) is 12.1. The number of benzene rings is 2. The smallest absolute Gasteiger partial charge is 0.269 e. The predicted molar refractivity (Wildman–Crippen MR) is 86.3 cm³/mol. The van der Waals surface area contributed by atoms with E-state index in [1.54, 1.807) is 12.1 Å². The van der Waals surface area contributed by atoms with Crippen molar-refractivity contribution in [2.24, 2.45) is 0 Å². The van der Waals surface area contributed by atoms with Gasteiger partial charge in [0.2, 0.25) is 0 Å². The first-order valence-electron chi connectivity index (χ1n) is 6.73. The van der Waals surface area contributed by atoms with E-state index in [1.165, 1.54) is 12.1 Å². The molecule has 0 saturated carbocycles. The Morgan fingerprint density at radius 1 is 1.05 bits per heavy atom. The lowest BCUT2D eigenvalue weighted by Crippen LogP contribution is -2.27. The lowest BCUT2D eigenvalue weighted by atomic mass is 10.0. The molecule has 0 bridgehead atoms. The van der Waals surface area contributed by atoms with Gasteiger partial charge in [-0.3, -0.25) is 10.1 Å². The van der Waals surface area contributed by atoms with E-state index < -0.39 is 4.92 Å². The van der Waals surface area contributed by atoms with Gasteiger partial charge < -0.3 is 5.32 Å². The molecule has 0 fully saturated rings. The van der Waals surface area contributed by atoms with Crippen LogP contribution in [0.15, 0.2) is 60.7 Å². The molecule has 1 N–H and O–H groups in total. The minimum absolute atomic E-state index is 0.0955. The molecule has 0 aliphatic carbocycles. The third-order valence-electron chi connectivity index (χ3n) is 3.04. The van der Waals surface area contributed by atoms with Crippen molar-refractivity contribution in [1.82, 2.24) is 0 Å². The lowest BCUT2D eigenvalue weighted by Gasteiger charge is -2.23. The highest BCUT2D eigenvalue weighted by molar-refractivity contribution is 5.55. The van der Waals surface area contributed by atoms with Crippen LogP contribution < -0.4 is 5.32 Å². The Morgan fingerprint density at radius 3 is 2.24 bits per heavy atom. The molecule has 0 radical (unpaired) electrons. The maximum atomic E-state index is 10.6. The summed E-state index contributed by atoms with van der Waals surface area (Å²) in [6, 6.07) is 16.5. The van der Waals surface area contributed by atoms with Crippen molar-refractivity contribution in [3.05, 3.63) is 76.4 Å². The van der Waals surface area contributed by atoms with Gasteiger partial charge in [0.15, 0.2) is 0 Å². The van der Waals surface area contributed by atoms with E-state index in [2.05, 4.69) is 17.5 Å². The number of nitrogens with one attached hydrogen (secondary N) is 1. The summed E-state index contributed by atoms with van der Waals surface area (Å²) < 4.78 is 0. The maximum absolute atomic E-state index is 10.6. The van der Waals surface area contributed by atoms with E-state index in [0.29, 0.717) is 0 Å². The van der Waals surface area contributed by atoms with Gasteiger partial charge in [-0.25, -0.2) is 0 Å². The number of nitrogens with zero attached hydrogens (tertiary/aromatic N) is 1. The molecule has 2 aromatic carbocycles. The fraction of sp³-hybridized carbons (Fsp3) is 0.176. The molecule has 0 atom stereocenters. The molecule has 2 rings (SSSR count). The Hall–Kier alpha value is -2.62. The van der Waals surface area contributed by atoms with Crippen LogP contribution in [0, 0.1) is 10.1 Å². The molecule has 4 heteroatoms. The third kappa shape index (κ3) is 4.45. The number of hydrogen-bond donors (Lipinski definition) is 1. The number of rotatable bonds is 5. The standard InChI is InChI=1S/C17H18N2O2/c1-17(2,13-12-14-6-4-3-5-7-14)18-15-8-10-16(11-9-15)19(20)21/h3-13,18H,1-2H3/b13-12+. The second kappa shape index (κ2) is 6.22. The topological polar surface area (TPSA) is 55.2 Å². The molecule has 0 spiro atoms.